The maximum atomic E-state index is 12.9. The van der Waals surface area contributed by atoms with Crippen LogP contribution >= 0.6 is 45.3 Å². The summed E-state index contributed by atoms with van der Waals surface area (Å²) in [7, 11) is 5.60. The number of carboxylic acids is 2. The number of nitrogens with two attached hydrogens (primary N) is 1. The monoisotopic (exact) mass is 1820 g/mol. The molecule has 0 fully saturated rings. The molecule has 30 nitrogen and oxygen atoms in total. The average Bonchev–Trinajstić information content (AvgIpc) is 1.39. The standard InChI is InChI=1S/2C26H28N6OS.C16H18N6.C14H19NO4S.C13H17NO4S/c1-16-12-19(22-8-10-28-26(31-22)30-20-14-29-32(3)15-20)5-4-18(16)6-7-23(33)25-13-21-17(2)27-11-9-24(21)34-25;1-16-10-19(22-8-9-27-26(31-22)30-21-14-29-32(3)15-21)5-4-18(16)6-7-23(33)25-12-20-13-28-17(2)11-24(20)34-25;1-11-7-12(3-4-13(11)8-17)15-5-6-18-16(21-15)20-14-9-19-22(2)10-14;1-8-5-10-9(6-11(20-10)12(16)17)7-15(8)13(18)19-14(2,3)4;1-13(2,3)18-12(17)14-5-4-9-8(7-14)6-10(19-9)11(15)16/h4-5,8,10,12-15,17,27H,6-7,9,11H2,1-3H3,(H,28,30,31);4-5,8-10,12,14-15,17,28H,6-7,11,13H2,1-3H3,(H,27,30,31);3-7,9-10H,8,17H2,1-2H3,(H,18,20,21);6,8H,5,7H2,1-4H3,(H,16,17);6H,4-5,7H2,1-3H3,(H,15,16). The van der Waals surface area contributed by atoms with Crippen molar-refractivity contribution in [2.75, 3.05) is 29.0 Å². The SMILES string of the molecule is CC(C)(C)OC(=O)N1CCc2sc(C(=O)O)cc2C1.CC1Cc2sc(C(=O)O)cc2CN1C(=O)OC(C)(C)C.Cc1cc(-c2ccnc(Nc3cnn(C)c3)n2)ccc1CCC(=O)c1cc2c(s1)CC(C)NC2.Cc1cc(-c2ccnc(Nc3cnn(C)c3)n2)ccc1CCC(=O)c1cc2c(s1)CCNC2C.Cc1cc(-c2ccnc(Nc3cnn(C)c3)n2)ccc1CN. The van der Waals surface area contributed by atoms with Gasteiger partial charge in [-0.05, 0) is 231 Å². The lowest BCUT2D eigenvalue weighted by molar-refractivity contribution is 0.0138. The molecule has 3 aromatic carbocycles. The van der Waals surface area contributed by atoms with Crippen LogP contribution < -0.4 is 32.3 Å². The van der Waals surface area contributed by atoms with Crippen LogP contribution in [0, 0.1) is 20.8 Å². The fourth-order valence-electron chi connectivity index (χ4n) is 15.0. The summed E-state index contributed by atoms with van der Waals surface area (Å²) in [5.41, 5.74) is 24.3. The lowest BCUT2D eigenvalue weighted by Crippen LogP contribution is -2.44. The van der Waals surface area contributed by atoms with E-state index in [2.05, 4.69) is 161 Å². The number of benzene rings is 3. The number of aromatic carboxylic acids is 2. The zero-order chi connectivity index (χ0) is 92.1. The predicted octanol–water partition coefficient (Wildman–Crippen LogP) is 18.1. The molecule has 674 valence electrons. The van der Waals surface area contributed by atoms with E-state index in [1.54, 1.807) is 95.8 Å². The predicted molar refractivity (Wildman–Crippen MR) is 506 cm³/mol. The lowest BCUT2D eigenvalue weighted by atomic mass is 9.98. The van der Waals surface area contributed by atoms with Gasteiger partial charge in [-0.1, -0.05) is 36.4 Å². The average molecular weight is 1820 g/mol. The number of aromatic nitrogens is 12. The molecule has 0 radical (unpaired) electrons. The van der Waals surface area contributed by atoms with E-state index >= 15 is 0 Å². The minimum atomic E-state index is -0.916. The van der Waals surface area contributed by atoms with E-state index in [1.807, 2.05) is 119 Å². The molecule has 4 aliphatic heterocycles. The number of carbonyl (C=O) groups is 6. The fraction of sp³-hybridized carbons (Fsp3) is 0.358. The van der Waals surface area contributed by atoms with Crippen LogP contribution in [0.3, 0.4) is 0 Å². The van der Waals surface area contributed by atoms with Crippen LogP contribution in [0.25, 0.3) is 33.8 Å². The molecule has 4 aliphatic rings. The second-order valence-electron chi connectivity index (χ2n) is 34.4. The smallest absolute Gasteiger partial charge is 0.410 e. The third-order valence-corrected chi connectivity index (χ3v) is 26.6. The summed E-state index contributed by atoms with van der Waals surface area (Å²) in [6.07, 6.45) is 21.3. The topological polar surface area (TPSA) is 385 Å². The summed E-state index contributed by atoms with van der Waals surface area (Å²) in [5, 5.41) is 46.9. The second-order valence-corrected chi connectivity index (χ2v) is 38.9. The van der Waals surface area contributed by atoms with Crippen molar-refractivity contribution in [3.63, 3.8) is 0 Å². The lowest BCUT2D eigenvalue weighted by Gasteiger charge is -2.34. The van der Waals surface area contributed by atoms with E-state index in [9.17, 15) is 28.8 Å². The number of nitrogens with one attached hydrogen (secondary N) is 5. The number of thiophene rings is 4. The van der Waals surface area contributed by atoms with Gasteiger partial charge in [-0.15, -0.1) is 45.3 Å². The number of ketones is 2. The minimum absolute atomic E-state index is 0.0117. The van der Waals surface area contributed by atoms with Gasteiger partial charge in [0.05, 0.1) is 75.6 Å². The van der Waals surface area contributed by atoms with E-state index < -0.39 is 23.1 Å². The zero-order valence-electron chi connectivity index (χ0n) is 75.2. The van der Waals surface area contributed by atoms with E-state index in [0.717, 1.165) is 137 Å². The van der Waals surface area contributed by atoms with Crippen molar-refractivity contribution in [1.29, 1.82) is 0 Å². The van der Waals surface area contributed by atoms with E-state index in [-0.39, 0.29) is 29.8 Å². The molecule has 0 aliphatic carbocycles. The number of hydrogen-bond acceptors (Lipinski definition) is 27. The Morgan fingerprint density at radius 3 is 1.37 bits per heavy atom. The molecule has 34 heteroatoms. The van der Waals surface area contributed by atoms with Crippen molar-refractivity contribution in [2.45, 2.75) is 190 Å². The molecule has 13 aromatic rings. The number of amides is 2. The molecule has 14 heterocycles. The summed E-state index contributed by atoms with van der Waals surface area (Å²) in [5.74, 6) is 0.242. The van der Waals surface area contributed by atoms with Gasteiger partial charge in [0.1, 0.15) is 21.0 Å². The molecule has 0 spiro atoms. The van der Waals surface area contributed by atoms with Crippen LogP contribution in [0.1, 0.15) is 195 Å². The Bertz CT molecular complexity index is 6200. The molecular formula is C95H110N20O10S4. The van der Waals surface area contributed by atoms with Gasteiger partial charge in [-0.2, -0.15) is 15.3 Å². The van der Waals surface area contributed by atoms with Crippen LogP contribution in [0.15, 0.2) is 153 Å². The second kappa shape index (κ2) is 41.7. The van der Waals surface area contributed by atoms with Crippen molar-refractivity contribution in [3.05, 3.63) is 247 Å². The van der Waals surface area contributed by atoms with E-state index in [0.29, 0.717) is 91.5 Å². The summed E-state index contributed by atoms with van der Waals surface area (Å²) >= 11 is 5.94. The Morgan fingerprint density at radius 1 is 0.504 bits per heavy atom. The third kappa shape index (κ3) is 25.5. The van der Waals surface area contributed by atoms with Gasteiger partial charge in [0.15, 0.2) is 11.6 Å². The van der Waals surface area contributed by atoms with E-state index in [1.165, 1.54) is 60.2 Å². The summed E-state index contributed by atoms with van der Waals surface area (Å²) < 4.78 is 15.9. The van der Waals surface area contributed by atoms with Crippen LogP contribution in [0.4, 0.5) is 44.5 Å². The number of nitrogens with zero attached hydrogens (tertiary/aromatic N) is 14. The van der Waals surface area contributed by atoms with Gasteiger partial charge in [0.2, 0.25) is 17.8 Å². The highest BCUT2D eigenvalue weighted by Gasteiger charge is 2.34. The van der Waals surface area contributed by atoms with Gasteiger partial charge in [0.25, 0.3) is 0 Å². The first-order valence-electron chi connectivity index (χ1n) is 42.7. The Kier molecular flexibility index (Phi) is 30.4. The number of carboxylic acid groups (broad SMARTS) is 2. The van der Waals surface area contributed by atoms with Crippen LogP contribution in [-0.2, 0) is 95.3 Å². The molecule has 2 amide bonds. The van der Waals surface area contributed by atoms with Gasteiger partial charge < -0.3 is 61.8 Å². The number of fused-ring (bicyclic) bond motifs is 4. The molecule has 129 heavy (non-hydrogen) atoms. The number of aryl methyl sites for hydroxylation is 8. The van der Waals surface area contributed by atoms with Gasteiger partial charge in [-0.3, -0.25) is 23.6 Å². The molecule has 0 bridgehead atoms. The largest absolute Gasteiger partial charge is 0.477 e. The number of hydrogen-bond donors (Lipinski definition) is 8. The highest BCUT2D eigenvalue weighted by Crippen LogP contribution is 2.37. The molecule has 3 unspecified atom stereocenters. The van der Waals surface area contributed by atoms with Crippen molar-refractivity contribution >= 4 is 116 Å². The number of rotatable bonds is 20. The van der Waals surface area contributed by atoms with Crippen molar-refractivity contribution in [3.8, 4) is 33.8 Å². The first kappa shape index (κ1) is 94.1. The van der Waals surface area contributed by atoms with Gasteiger partial charge >= 0.3 is 24.1 Å². The Balaban J connectivity index is 0.000000141. The Labute approximate surface area is 766 Å². The summed E-state index contributed by atoms with van der Waals surface area (Å²) in [6, 6.07) is 32.8. The molecular weight excluding hydrogens is 1710 g/mol. The third-order valence-electron chi connectivity index (χ3n) is 21.7. The Morgan fingerprint density at radius 2 is 0.930 bits per heavy atom. The normalized spacial score (nSPS) is 14.9. The first-order valence-corrected chi connectivity index (χ1v) is 46.0. The number of Topliss-reactive ketones (excluding diaryl/α,β-unsaturated/α-hetero) is 2. The van der Waals surface area contributed by atoms with Crippen LogP contribution in [-0.4, -0.2) is 151 Å². The highest BCUT2D eigenvalue weighted by molar-refractivity contribution is 7.15. The number of anilines is 6. The van der Waals surface area contributed by atoms with E-state index in [4.69, 9.17) is 25.4 Å². The minimum Gasteiger partial charge on any atom is -0.477 e. The molecule has 0 saturated carbocycles. The summed E-state index contributed by atoms with van der Waals surface area (Å²) in [6.45, 7) is 27.3. The maximum Gasteiger partial charge on any atom is 0.410 e. The molecule has 10 aromatic heterocycles. The number of carbonyl (C=O) groups excluding carboxylic acids is 4. The van der Waals surface area contributed by atoms with Crippen LogP contribution in [0.2, 0.25) is 0 Å². The summed E-state index contributed by atoms with van der Waals surface area (Å²) in [4.78, 5) is 109. The molecule has 0 saturated heterocycles. The quantitative estimate of drug-likeness (QED) is 0.0329. The fourth-order valence-corrected chi connectivity index (χ4v) is 19.6. The highest BCUT2D eigenvalue weighted by atomic mass is 32.1. The van der Waals surface area contributed by atoms with Gasteiger partial charge in [-0.25, -0.2) is 49.1 Å². The van der Waals surface area contributed by atoms with Crippen LogP contribution in [0.5, 0.6) is 0 Å². The van der Waals surface area contributed by atoms with Gasteiger partial charge in [0, 0.05) is 158 Å². The molecule has 9 N–H and O–H groups in total. The van der Waals surface area contributed by atoms with Crippen molar-refractivity contribution in [2.24, 2.45) is 26.9 Å². The first-order chi connectivity index (χ1) is 61.5. The molecule has 17 rings (SSSR count). The zero-order valence-corrected chi connectivity index (χ0v) is 78.5. The van der Waals surface area contributed by atoms with Crippen molar-refractivity contribution < 1.29 is 48.5 Å². The Hall–Kier alpha value is -12.6. The maximum absolute atomic E-state index is 12.9. The van der Waals surface area contributed by atoms with Crippen molar-refractivity contribution in [1.82, 2.24) is 79.7 Å². The molecule has 3 atom stereocenters. The number of ether oxygens (including phenoxy) is 2.